The molecule has 1 amide bonds. The van der Waals surface area contributed by atoms with E-state index in [9.17, 15) is 4.79 Å². The second-order valence-corrected chi connectivity index (χ2v) is 9.05. The number of fused-ring (bicyclic) bond motifs is 1. The highest BCUT2D eigenvalue weighted by Gasteiger charge is 2.13. The number of amides is 1. The Hall–Kier alpha value is -3.58. The number of nitrogens with one attached hydrogen (secondary N) is 2. The van der Waals surface area contributed by atoms with Crippen molar-refractivity contribution in [3.05, 3.63) is 82.4 Å². The number of carbonyl (C=O) groups excluding carboxylic acids is 1. The second kappa shape index (κ2) is 10.1. The molecule has 0 aliphatic carbocycles. The summed E-state index contributed by atoms with van der Waals surface area (Å²) in [5.41, 5.74) is 8.13. The summed E-state index contributed by atoms with van der Waals surface area (Å²) in [6, 6.07) is 17.9. The monoisotopic (exact) mass is 471 g/mol. The van der Waals surface area contributed by atoms with E-state index in [1.54, 1.807) is 4.80 Å². The highest BCUT2D eigenvalue weighted by Crippen LogP contribution is 2.22. The summed E-state index contributed by atoms with van der Waals surface area (Å²) < 4.78 is 0. The zero-order chi connectivity index (χ0) is 24.2. The largest absolute Gasteiger partial charge is 0.332 e. The van der Waals surface area contributed by atoms with Crippen molar-refractivity contribution in [3.8, 4) is 5.69 Å². The van der Waals surface area contributed by atoms with Crippen LogP contribution in [0, 0.1) is 20.8 Å². The van der Waals surface area contributed by atoms with E-state index in [4.69, 9.17) is 12.2 Å². The van der Waals surface area contributed by atoms with Gasteiger partial charge in [-0.25, -0.2) is 0 Å². The van der Waals surface area contributed by atoms with Crippen LogP contribution in [0.25, 0.3) is 16.7 Å². The lowest BCUT2D eigenvalue weighted by Crippen LogP contribution is -2.34. The van der Waals surface area contributed by atoms with Crippen molar-refractivity contribution in [1.82, 2.24) is 20.3 Å². The van der Waals surface area contributed by atoms with Gasteiger partial charge in [0, 0.05) is 11.3 Å². The van der Waals surface area contributed by atoms with Crippen LogP contribution >= 0.6 is 12.2 Å². The maximum Gasteiger partial charge on any atom is 0.257 e. The Bertz CT molecular complexity index is 1360. The highest BCUT2D eigenvalue weighted by molar-refractivity contribution is 7.80. The average molecular weight is 472 g/mol. The lowest BCUT2D eigenvalue weighted by atomic mass is 10.1. The molecule has 0 radical (unpaired) electrons. The van der Waals surface area contributed by atoms with Crippen molar-refractivity contribution >= 4 is 40.0 Å². The van der Waals surface area contributed by atoms with Gasteiger partial charge in [0.05, 0.1) is 5.69 Å². The van der Waals surface area contributed by atoms with Gasteiger partial charge in [-0.2, -0.15) is 4.80 Å². The van der Waals surface area contributed by atoms with Gasteiger partial charge >= 0.3 is 0 Å². The van der Waals surface area contributed by atoms with Gasteiger partial charge in [0.1, 0.15) is 11.0 Å². The smallest absolute Gasteiger partial charge is 0.257 e. The van der Waals surface area contributed by atoms with Gasteiger partial charge in [-0.1, -0.05) is 43.2 Å². The molecule has 0 saturated carbocycles. The zero-order valence-electron chi connectivity index (χ0n) is 20.0. The third-order valence-corrected chi connectivity index (χ3v) is 6.02. The first-order chi connectivity index (χ1) is 16.3. The number of thiocarbonyl (C=S) groups is 1. The number of hydrogen-bond acceptors (Lipinski definition) is 4. The zero-order valence-corrected chi connectivity index (χ0v) is 20.8. The van der Waals surface area contributed by atoms with Crippen molar-refractivity contribution in [2.24, 2.45) is 0 Å². The molecule has 0 fully saturated rings. The van der Waals surface area contributed by atoms with Crippen LogP contribution in [-0.2, 0) is 6.42 Å². The molecule has 4 aromatic rings. The summed E-state index contributed by atoms with van der Waals surface area (Å²) in [6.45, 7) is 8.08. The summed E-state index contributed by atoms with van der Waals surface area (Å²) in [4.78, 5) is 14.3. The van der Waals surface area contributed by atoms with Gasteiger partial charge in [0.15, 0.2) is 5.11 Å². The molecular weight excluding hydrogens is 442 g/mol. The number of anilines is 1. The van der Waals surface area contributed by atoms with Gasteiger partial charge in [-0.3, -0.25) is 10.1 Å². The lowest BCUT2D eigenvalue weighted by molar-refractivity contribution is 0.0977. The van der Waals surface area contributed by atoms with Crippen LogP contribution in [0.15, 0.2) is 54.6 Å². The van der Waals surface area contributed by atoms with E-state index in [0.29, 0.717) is 5.56 Å². The molecule has 0 unspecified atom stereocenters. The average Bonchev–Trinajstić information content (AvgIpc) is 3.20. The third-order valence-electron chi connectivity index (χ3n) is 5.81. The maximum atomic E-state index is 12.7. The number of rotatable bonds is 6. The maximum absolute atomic E-state index is 12.7. The van der Waals surface area contributed by atoms with Crippen LogP contribution in [0.2, 0.25) is 0 Å². The van der Waals surface area contributed by atoms with Gasteiger partial charge in [0.25, 0.3) is 5.91 Å². The first kappa shape index (κ1) is 23.6. The molecule has 1 aromatic heterocycles. The number of nitrogens with zero attached hydrogens (tertiary/aromatic N) is 3. The molecule has 0 aliphatic heterocycles. The van der Waals surface area contributed by atoms with Gasteiger partial charge in [-0.15, -0.1) is 10.2 Å². The highest BCUT2D eigenvalue weighted by atomic mass is 32.1. The Morgan fingerprint density at radius 2 is 1.65 bits per heavy atom. The Kier molecular flexibility index (Phi) is 7.03. The number of aromatic nitrogens is 3. The van der Waals surface area contributed by atoms with Crippen molar-refractivity contribution in [3.63, 3.8) is 0 Å². The Morgan fingerprint density at radius 3 is 2.32 bits per heavy atom. The molecule has 0 spiro atoms. The van der Waals surface area contributed by atoms with Gasteiger partial charge in [0.2, 0.25) is 0 Å². The van der Waals surface area contributed by atoms with E-state index in [0.717, 1.165) is 45.5 Å². The Labute approximate surface area is 205 Å². The fraction of sp³-hybridized carbons (Fsp3) is 0.259. The molecule has 6 nitrogen and oxygen atoms in total. The van der Waals surface area contributed by atoms with Crippen LogP contribution in [-0.4, -0.2) is 26.0 Å². The molecule has 174 valence electrons. The molecule has 1 heterocycles. The summed E-state index contributed by atoms with van der Waals surface area (Å²) in [5.74, 6) is -0.234. The van der Waals surface area contributed by atoms with Crippen molar-refractivity contribution < 1.29 is 4.79 Å². The van der Waals surface area contributed by atoms with Crippen molar-refractivity contribution in [2.75, 3.05) is 5.32 Å². The molecule has 3 aromatic carbocycles. The van der Waals surface area contributed by atoms with Gasteiger partial charge in [-0.05, 0) is 92.9 Å². The number of carbonyl (C=O) groups is 1. The molecule has 0 aliphatic rings. The van der Waals surface area contributed by atoms with E-state index in [1.165, 1.54) is 18.4 Å². The molecule has 2 N–H and O–H groups in total. The minimum absolute atomic E-state index is 0.234. The first-order valence-corrected chi connectivity index (χ1v) is 11.9. The van der Waals surface area contributed by atoms with Crippen molar-refractivity contribution in [1.29, 1.82) is 0 Å². The number of benzene rings is 3. The standard InChI is InChI=1S/C27H29N5OS/c1-5-6-7-20-9-11-21(12-10-20)32-30-24-15-19(4)23(16-25(24)31-32)28-27(34)29-26(33)22-13-8-17(2)14-18(22)3/h8-16H,5-7H2,1-4H3,(H2,28,29,33,34). The van der Waals surface area contributed by atoms with E-state index in [-0.39, 0.29) is 11.0 Å². The van der Waals surface area contributed by atoms with Crippen LogP contribution < -0.4 is 10.6 Å². The summed E-state index contributed by atoms with van der Waals surface area (Å²) >= 11 is 5.40. The molecule has 7 heteroatoms. The fourth-order valence-corrected chi connectivity index (χ4v) is 4.09. The Morgan fingerprint density at radius 1 is 0.941 bits per heavy atom. The molecule has 0 bridgehead atoms. The molecule has 0 saturated heterocycles. The fourth-order valence-electron chi connectivity index (χ4n) is 3.89. The van der Waals surface area contributed by atoms with Crippen LogP contribution in [0.3, 0.4) is 0 Å². The van der Waals surface area contributed by atoms with Crippen LogP contribution in [0.5, 0.6) is 0 Å². The second-order valence-electron chi connectivity index (χ2n) is 8.64. The minimum Gasteiger partial charge on any atom is -0.332 e. The van der Waals surface area contributed by atoms with E-state index < -0.39 is 0 Å². The lowest BCUT2D eigenvalue weighted by Gasteiger charge is -2.12. The van der Waals surface area contributed by atoms with Crippen LogP contribution in [0.4, 0.5) is 5.69 Å². The molecular formula is C27H29N5OS. The van der Waals surface area contributed by atoms with E-state index >= 15 is 0 Å². The van der Waals surface area contributed by atoms with Crippen molar-refractivity contribution in [2.45, 2.75) is 47.0 Å². The quantitative estimate of drug-likeness (QED) is 0.347. The SMILES string of the molecule is CCCCc1ccc(-n2nc3cc(C)c(NC(=S)NC(=O)c4ccc(C)cc4C)cc3n2)cc1. The normalized spacial score (nSPS) is 10.9. The predicted octanol–water partition coefficient (Wildman–Crippen LogP) is 5.82. The number of unbranched alkanes of at least 4 members (excludes halogenated alkanes) is 1. The molecule has 34 heavy (non-hydrogen) atoms. The molecule has 4 rings (SSSR count). The van der Waals surface area contributed by atoms with Gasteiger partial charge < -0.3 is 5.32 Å². The van der Waals surface area contributed by atoms with Crippen LogP contribution in [0.1, 0.15) is 52.4 Å². The summed E-state index contributed by atoms with van der Waals surface area (Å²) in [7, 11) is 0. The molecule has 0 atom stereocenters. The number of aryl methyl sites for hydroxylation is 4. The summed E-state index contributed by atoms with van der Waals surface area (Å²) in [6.07, 6.45) is 3.45. The van der Waals surface area contributed by atoms with E-state index in [2.05, 4.69) is 39.9 Å². The third kappa shape index (κ3) is 5.31. The van der Waals surface area contributed by atoms with E-state index in [1.807, 2.05) is 63.2 Å². The number of hydrogen-bond donors (Lipinski definition) is 2. The minimum atomic E-state index is -0.234. The summed E-state index contributed by atoms with van der Waals surface area (Å²) in [5, 5.41) is 15.4. The first-order valence-electron chi connectivity index (χ1n) is 11.5. The predicted molar refractivity (Wildman–Crippen MR) is 142 cm³/mol. The Balaban J connectivity index is 1.49. The topological polar surface area (TPSA) is 71.8 Å².